The lowest BCUT2D eigenvalue weighted by Crippen LogP contribution is -1.89. The van der Waals surface area contributed by atoms with E-state index in [1.165, 1.54) is 11.3 Å². The molecule has 0 fully saturated rings. The van der Waals surface area contributed by atoms with E-state index in [0.29, 0.717) is 20.9 Å². The van der Waals surface area contributed by atoms with Crippen molar-refractivity contribution in [1.82, 2.24) is 4.98 Å². The molecule has 1 heterocycles. The van der Waals surface area contributed by atoms with E-state index in [1.807, 2.05) is 66.7 Å². The smallest absolute Gasteiger partial charge is 0.210 e. The Hall–Kier alpha value is -2.53. The van der Waals surface area contributed by atoms with E-state index in [4.69, 9.17) is 32.9 Å². The second kappa shape index (κ2) is 8.01. The molecule has 0 bridgehead atoms. The number of nitrogens with zero attached hydrogens (tertiary/aromatic N) is 1. The summed E-state index contributed by atoms with van der Waals surface area (Å²) in [6, 6.07) is 24.7. The number of aromatic nitrogens is 1. The predicted octanol–water partition coefficient (Wildman–Crippen LogP) is 7.65. The number of halogens is 2. The highest BCUT2D eigenvalue weighted by atomic mass is 35.5. The highest BCUT2D eigenvalue weighted by Gasteiger charge is 2.16. The fourth-order valence-corrected chi connectivity index (χ4v) is 3.70. The van der Waals surface area contributed by atoms with Crippen LogP contribution in [0.3, 0.4) is 0 Å². The predicted molar refractivity (Wildman–Crippen MR) is 114 cm³/mol. The van der Waals surface area contributed by atoms with Gasteiger partial charge in [-0.1, -0.05) is 70.9 Å². The van der Waals surface area contributed by atoms with E-state index in [0.717, 1.165) is 22.1 Å². The van der Waals surface area contributed by atoms with Crippen LogP contribution in [0.25, 0.3) is 11.3 Å². The van der Waals surface area contributed by atoms with Gasteiger partial charge in [0.05, 0.1) is 0 Å². The van der Waals surface area contributed by atoms with Crippen LogP contribution in [0.15, 0.2) is 78.9 Å². The van der Waals surface area contributed by atoms with Crippen LogP contribution in [0, 0.1) is 0 Å². The van der Waals surface area contributed by atoms with Gasteiger partial charge in [0.25, 0.3) is 0 Å². The average Bonchev–Trinajstić information content (AvgIpc) is 3.06. The lowest BCUT2D eigenvalue weighted by atomic mass is 10.2. The fraction of sp³-hybridized carbons (Fsp3) is 0. The maximum absolute atomic E-state index is 6.09. The molecule has 0 saturated carbocycles. The number of thiazole rings is 1. The summed E-state index contributed by atoms with van der Waals surface area (Å²) >= 11 is 13.5. The minimum Gasteiger partial charge on any atom is -0.444 e. The maximum atomic E-state index is 6.09. The number of benzene rings is 3. The Bertz CT molecular complexity index is 1050. The zero-order chi connectivity index (χ0) is 18.6. The summed E-state index contributed by atoms with van der Waals surface area (Å²) in [5, 5.41) is 6.05. The second-order valence-electron chi connectivity index (χ2n) is 5.71. The number of anilines is 2. The molecule has 3 aromatic carbocycles. The van der Waals surface area contributed by atoms with Crippen LogP contribution in [-0.4, -0.2) is 4.98 Å². The number of nitrogens with one attached hydrogen (secondary N) is 1. The molecule has 1 N–H and O–H groups in total. The Kier molecular flexibility index (Phi) is 5.30. The number of hydrogen-bond donors (Lipinski definition) is 1. The van der Waals surface area contributed by atoms with Crippen LogP contribution >= 0.6 is 34.5 Å². The molecule has 4 aromatic rings. The Morgan fingerprint density at radius 3 is 2.33 bits per heavy atom. The molecular weight excluding hydrogens is 399 g/mol. The molecule has 4 rings (SSSR count). The molecule has 0 atom stereocenters. The monoisotopic (exact) mass is 412 g/mol. The number of hydrogen-bond acceptors (Lipinski definition) is 4. The lowest BCUT2D eigenvalue weighted by molar-refractivity contribution is 0.497. The zero-order valence-corrected chi connectivity index (χ0v) is 16.4. The third-order valence-corrected chi connectivity index (χ3v) is 5.08. The standard InChI is InChI=1S/C21H14Cl2N2OS/c22-15-9-11-18(12-10-15)26-20-19(14-5-2-1-3-6-14)25-21(27-20)24-17-8-4-7-16(23)13-17/h1-13H,(H,24,25). The highest BCUT2D eigenvalue weighted by Crippen LogP contribution is 2.41. The second-order valence-corrected chi connectivity index (χ2v) is 7.55. The summed E-state index contributed by atoms with van der Waals surface area (Å²) in [6.07, 6.45) is 0. The van der Waals surface area contributed by atoms with Gasteiger partial charge in [0.1, 0.15) is 11.4 Å². The van der Waals surface area contributed by atoms with Crippen molar-refractivity contribution in [1.29, 1.82) is 0 Å². The van der Waals surface area contributed by atoms with Gasteiger partial charge in [-0.2, -0.15) is 0 Å². The first-order valence-corrected chi connectivity index (χ1v) is 9.77. The average molecular weight is 413 g/mol. The molecule has 134 valence electrons. The lowest BCUT2D eigenvalue weighted by Gasteiger charge is -2.05. The summed E-state index contributed by atoms with van der Waals surface area (Å²) < 4.78 is 6.09. The molecule has 3 nitrogen and oxygen atoms in total. The third-order valence-electron chi connectivity index (χ3n) is 3.74. The molecule has 0 unspecified atom stereocenters. The third kappa shape index (κ3) is 4.42. The molecule has 0 spiro atoms. The van der Waals surface area contributed by atoms with Gasteiger partial charge in [0, 0.05) is 21.3 Å². The Morgan fingerprint density at radius 2 is 1.59 bits per heavy atom. The molecule has 0 aliphatic heterocycles. The van der Waals surface area contributed by atoms with Crippen LogP contribution in [0.5, 0.6) is 10.8 Å². The van der Waals surface area contributed by atoms with E-state index in [-0.39, 0.29) is 0 Å². The first-order chi connectivity index (χ1) is 13.2. The van der Waals surface area contributed by atoms with Gasteiger partial charge >= 0.3 is 0 Å². The first-order valence-electron chi connectivity index (χ1n) is 8.20. The van der Waals surface area contributed by atoms with Crippen molar-refractivity contribution in [2.24, 2.45) is 0 Å². The quantitative estimate of drug-likeness (QED) is 0.365. The highest BCUT2D eigenvalue weighted by molar-refractivity contribution is 7.18. The van der Waals surface area contributed by atoms with E-state index in [9.17, 15) is 0 Å². The van der Waals surface area contributed by atoms with Crippen molar-refractivity contribution in [2.75, 3.05) is 5.32 Å². The van der Waals surface area contributed by atoms with Gasteiger partial charge in [-0.05, 0) is 42.5 Å². The van der Waals surface area contributed by atoms with Crippen LogP contribution in [-0.2, 0) is 0 Å². The Labute approximate surface area is 171 Å². The largest absolute Gasteiger partial charge is 0.444 e. The normalized spacial score (nSPS) is 10.6. The van der Waals surface area contributed by atoms with Crippen molar-refractivity contribution >= 4 is 45.4 Å². The van der Waals surface area contributed by atoms with Gasteiger partial charge in [0.15, 0.2) is 5.13 Å². The maximum Gasteiger partial charge on any atom is 0.210 e. The molecule has 0 aliphatic rings. The van der Waals surface area contributed by atoms with Gasteiger partial charge in [-0.15, -0.1) is 0 Å². The molecule has 0 aliphatic carbocycles. The van der Waals surface area contributed by atoms with Crippen LogP contribution < -0.4 is 10.1 Å². The Morgan fingerprint density at radius 1 is 0.815 bits per heavy atom. The molecule has 0 saturated heterocycles. The molecule has 1 aromatic heterocycles. The summed E-state index contributed by atoms with van der Waals surface area (Å²) in [5.41, 5.74) is 2.63. The van der Waals surface area contributed by atoms with Gasteiger partial charge in [-0.3, -0.25) is 0 Å². The van der Waals surface area contributed by atoms with Gasteiger partial charge < -0.3 is 10.1 Å². The van der Waals surface area contributed by atoms with Crippen LogP contribution in [0.2, 0.25) is 10.0 Å². The van der Waals surface area contributed by atoms with Crippen LogP contribution in [0.4, 0.5) is 10.8 Å². The zero-order valence-electron chi connectivity index (χ0n) is 14.0. The van der Waals surface area contributed by atoms with Gasteiger partial charge in [-0.25, -0.2) is 4.98 Å². The minimum absolute atomic E-state index is 0.664. The van der Waals surface area contributed by atoms with E-state index in [2.05, 4.69) is 5.32 Å². The Balaban J connectivity index is 1.69. The molecular formula is C21H14Cl2N2OS. The molecule has 0 amide bonds. The van der Waals surface area contributed by atoms with Crippen molar-refractivity contribution in [3.8, 4) is 22.1 Å². The number of rotatable bonds is 5. The summed E-state index contributed by atoms with van der Waals surface area (Å²) in [6.45, 7) is 0. The first kappa shape index (κ1) is 17.9. The van der Waals surface area contributed by atoms with Crippen molar-refractivity contribution in [3.63, 3.8) is 0 Å². The SMILES string of the molecule is Clc1ccc(Oc2sc(Nc3cccc(Cl)c3)nc2-c2ccccc2)cc1. The molecule has 27 heavy (non-hydrogen) atoms. The number of ether oxygens (including phenoxy) is 1. The molecule has 0 radical (unpaired) electrons. The van der Waals surface area contributed by atoms with Crippen molar-refractivity contribution < 1.29 is 4.74 Å². The summed E-state index contributed by atoms with van der Waals surface area (Å²) in [5.74, 6) is 0.703. The van der Waals surface area contributed by atoms with Crippen LogP contribution in [0.1, 0.15) is 0 Å². The molecule has 6 heteroatoms. The summed E-state index contributed by atoms with van der Waals surface area (Å²) in [4.78, 5) is 4.73. The fourth-order valence-electron chi connectivity index (χ4n) is 2.51. The van der Waals surface area contributed by atoms with E-state index >= 15 is 0 Å². The van der Waals surface area contributed by atoms with Gasteiger partial charge in [0.2, 0.25) is 5.06 Å². The topological polar surface area (TPSA) is 34.1 Å². The minimum atomic E-state index is 0.664. The van der Waals surface area contributed by atoms with Crippen molar-refractivity contribution in [3.05, 3.63) is 88.9 Å². The summed E-state index contributed by atoms with van der Waals surface area (Å²) in [7, 11) is 0. The van der Waals surface area contributed by atoms with E-state index < -0.39 is 0 Å². The van der Waals surface area contributed by atoms with Crippen molar-refractivity contribution in [2.45, 2.75) is 0 Å². The van der Waals surface area contributed by atoms with E-state index in [1.54, 1.807) is 12.1 Å².